The number of hydrogen-bond acceptors (Lipinski definition) is 3. The van der Waals surface area contributed by atoms with Crippen molar-refractivity contribution in [2.45, 2.75) is 45.1 Å². The van der Waals surface area contributed by atoms with Gasteiger partial charge in [0.15, 0.2) is 0 Å². The standard InChI is InChI=1S/C16H23NO3/c1-11-5-6-12(2)14(10-11)20-9-7-13-4-3-8-16(13,17)15(18)19/h5-6,10,13H,3-4,7-9,17H2,1-2H3,(H,18,19). The van der Waals surface area contributed by atoms with Crippen molar-refractivity contribution in [2.75, 3.05) is 6.61 Å². The first-order valence-corrected chi connectivity index (χ1v) is 7.16. The average molecular weight is 277 g/mol. The van der Waals surface area contributed by atoms with Gasteiger partial charge >= 0.3 is 5.97 Å². The van der Waals surface area contributed by atoms with Gasteiger partial charge in [0, 0.05) is 0 Å². The summed E-state index contributed by atoms with van der Waals surface area (Å²) in [4.78, 5) is 11.3. The highest BCUT2D eigenvalue weighted by Gasteiger charge is 2.45. The molecule has 0 saturated heterocycles. The van der Waals surface area contributed by atoms with E-state index in [0.717, 1.165) is 29.7 Å². The van der Waals surface area contributed by atoms with Gasteiger partial charge in [-0.15, -0.1) is 0 Å². The minimum absolute atomic E-state index is 0.00474. The molecule has 0 bridgehead atoms. The van der Waals surface area contributed by atoms with Crippen LogP contribution in [-0.2, 0) is 4.79 Å². The molecule has 0 aromatic heterocycles. The first-order chi connectivity index (χ1) is 9.43. The van der Waals surface area contributed by atoms with Gasteiger partial charge in [-0.2, -0.15) is 0 Å². The van der Waals surface area contributed by atoms with Crippen LogP contribution in [0.2, 0.25) is 0 Å². The van der Waals surface area contributed by atoms with E-state index in [0.29, 0.717) is 19.4 Å². The zero-order valence-electron chi connectivity index (χ0n) is 12.2. The minimum Gasteiger partial charge on any atom is -0.493 e. The number of carboxylic acids is 1. The SMILES string of the molecule is Cc1ccc(C)c(OCCC2CCCC2(N)C(=O)O)c1. The molecule has 0 amide bonds. The van der Waals surface area contributed by atoms with E-state index >= 15 is 0 Å². The van der Waals surface area contributed by atoms with E-state index in [1.165, 1.54) is 0 Å². The lowest BCUT2D eigenvalue weighted by molar-refractivity contribution is -0.144. The van der Waals surface area contributed by atoms with Crippen molar-refractivity contribution in [1.29, 1.82) is 0 Å². The van der Waals surface area contributed by atoms with E-state index in [1.54, 1.807) is 0 Å². The number of carboxylic acid groups (broad SMARTS) is 1. The lowest BCUT2D eigenvalue weighted by Gasteiger charge is -2.26. The van der Waals surface area contributed by atoms with Gasteiger partial charge in [0.25, 0.3) is 0 Å². The summed E-state index contributed by atoms with van der Waals surface area (Å²) in [5.41, 5.74) is 7.21. The Hall–Kier alpha value is -1.55. The van der Waals surface area contributed by atoms with E-state index in [1.807, 2.05) is 26.0 Å². The Morgan fingerprint density at radius 3 is 2.95 bits per heavy atom. The van der Waals surface area contributed by atoms with Gasteiger partial charge in [0.2, 0.25) is 0 Å². The van der Waals surface area contributed by atoms with Crippen molar-refractivity contribution in [3.8, 4) is 5.75 Å². The maximum atomic E-state index is 11.3. The number of benzene rings is 1. The van der Waals surface area contributed by atoms with E-state index in [-0.39, 0.29) is 5.92 Å². The molecule has 1 fully saturated rings. The zero-order chi connectivity index (χ0) is 14.8. The lowest BCUT2D eigenvalue weighted by atomic mass is 9.86. The molecule has 2 unspecified atom stereocenters. The van der Waals surface area contributed by atoms with Gasteiger partial charge in [-0.25, -0.2) is 0 Å². The summed E-state index contributed by atoms with van der Waals surface area (Å²) in [6.45, 7) is 4.55. The van der Waals surface area contributed by atoms with Gasteiger partial charge in [-0.1, -0.05) is 18.6 Å². The quantitative estimate of drug-likeness (QED) is 0.868. The van der Waals surface area contributed by atoms with E-state index in [9.17, 15) is 9.90 Å². The van der Waals surface area contributed by atoms with Crippen molar-refractivity contribution in [1.82, 2.24) is 0 Å². The monoisotopic (exact) mass is 277 g/mol. The molecule has 2 atom stereocenters. The van der Waals surface area contributed by atoms with Gasteiger partial charge in [-0.05, 0) is 56.2 Å². The molecule has 4 nitrogen and oxygen atoms in total. The predicted octanol–water partition coefficient (Wildman–Crippen LogP) is 2.65. The number of rotatable bonds is 5. The van der Waals surface area contributed by atoms with Crippen LogP contribution >= 0.6 is 0 Å². The molecule has 1 aliphatic carbocycles. The molecule has 0 heterocycles. The fourth-order valence-corrected chi connectivity index (χ4v) is 2.96. The van der Waals surface area contributed by atoms with Crippen molar-refractivity contribution in [3.63, 3.8) is 0 Å². The zero-order valence-corrected chi connectivity index (χ0v) is 12.2. The fraction of sp³-hybridized carbons (Fsp3) is 0.562. The Labute approximate surface area is 119 Å². The summed E-state index contributed by atoms with van der Waals surface area (Å²) < 4.78 is 5.80. The molecule has 2 rings (SSSR count). The van der Waals surface area contributed by atoms with Gasteiger partial charge in [-0.3, -0.25) is 4.79 Å². The van der Waals surface area contributed by atoms with Crippen LogP contribution in [0.5, 0.6) is 5.75 Å². The Bertz CT molecular complexity index is 500. The normalized spacial score (nSPS) is 25.6. The summed E-state index contributed by atoms with van der Waals surface area (Å²) in [6.07, 6.45) is 3.02. The smallest absolute Gasteiger partial charge is 0.323 e. The summed E-state index contributed by atoms with van der Waals surface area (Å²) in [7, 11) is 0. The average Bonchev–Trinajstić information content (AvgIpc) is 2.77. The van der Waals surface area contributed by atoms with Crippen molar-refractivity contribution in [2.24, 2.45) is 11.7 Å². The molecule has 1 aromatic carbocycles. The Morgan fingerprint density at radius 2 is 2.25 bits per heavy atom. The third-order valence-electron chi connectivity index (χ3n) is 4.34. The first-order valence-electron chi connectivity index (χ1n) is 7.16. The number of aliphatic carboxylic acids is 1. The van der Waals surface area contributed by atoms with E-state index in [4.69, 9.17) is 10.5 Å². The molecule has 20 heavy (non-hydrogen) atoms. The maximum absolute atomic E-state index is 11.3. The summed E-state index contributed by atoms with van der Waals surface area (Å²) >= 11 is 0. The molecule has 1 aromatic rings. The molecule has 4 heteroatoms. The molecule has 3 N–H and O–H groups in total. The maximum Gasteiger partial charge on any atom is 0.323 e. The molecule has 1 saturated carbocycles. The van der Waals surface area contributed by atoms with Gasteiger partial charge in [0.1, 0.15) is 11.3 Å². The predicted molar refractivity (Wildman–Crippen MR) is 77.9 cm³/mol. The summed E-state index contributed by atoms with van der Waals surface area (Å²) in [5, 5.41) is 9.27. The third kappa shape index (κ3) is 2.96. The number of aryl methyl sites for hydroxylation is 2. The number of hydrogen-bond donors (Lipinski definition) is 2. The Kier molecular flexibility index (Phi) is 4.33. The number of carbonyl (C=O) groups is 1. The highest BCUT2D eigenvalue weighted by atomic mass is 16.5. The summed E-state index contributed by atoms with van der Waals surface area (Å²) in [5.74, 6) is -0.00204. The second kappa shape index (κ2) is 5.83. The van der Waals surface area contributed by atoms with Crippen LogP contribution in [0.1, 0.15) is 36.8 Å². The molecule has 1 aliphatic rings. The summed E-state index contributed by atoms with van der Waals surface area (Å²) in [6, 6.07) is 6.09. The van der Waals surface area contributed by atoms with E-state index < -0.39 is 11.5 Å². The van der Waals surface area contributed by atoms with Crippen LogP contribution in [0.4, 0.5) is 0 Å². The lowest BCUT2D eigenvalue weighted by Crippen LogP contribution is -2.51. The van der Waals surface area contributed by atoms with Crippen molar-refractivity contribution >= 4 is 5.97 Å². The molecule has 0 radical (unpaired) electrons. The second-order valence-electron chi connectivity index (χ2n) is 5.84. The minimum atomic E-state index is -1.06. The van der Waals surface area contributed by atoms with Crippen molar-refractivity contribution < 1.29 is 14.6 Å². The van der Waals surface area contributed by atoms with E-state index in [2.05, 4.69) is 6.07 Å². The molecule has 0 spiro atoms. The molecule has 0 aliphatic heterocycles. The Morgan fingerprint density at radius 1 is 1.50 bits per heavy atom. The molecule has 110 valence electrons. The third-order valence-corrected chi connectivity index (χ3v) is 4.34. The van der Waals surface area contributed by atoms with Gasteiger partial charge < -0.3 is 15.6 Å². The van der Waals surface area contributed by atoms with Crippen LogP contribution in [0.15, 0.2) is 18.2 Å². The second-order valence-corrected chi connectivity index (χ2v) is 5.84. The number of ether oxygens (including phenoxy) is 1. The van der Waals surface area contributed by atoms with Gasteiger partial charge in [0.05, 0.1) is 6.61 Å². The fourth-order valence-electron chi connectivity index (χ4n) is 2.96. The van der Waals surface area contributed by atoms with Crippen molar-refractivity contribution in [3.05, 3.63) is 29.3 Å². The highest BCUT2D eigenvalue weighted by molar-refractivity contribution is 5.79. The topological polar surface area (TPSA) is 72.5 Å². The molecular formula is C16H23NO3. The van der Waals surface area contributed by atoms with Crippen LogP contribution in [-0.4, -0.2) is 23.2 Å². The Balaban J connectivity index is 1.93. The van der Waals surface area contributed by atoms with Crippen LogP contribution in [0.25, 0.3) is 0 Å². The largest absolute Gasteiger partial charge is 0.493 e. The highest BCUT2D eigenvalue weighted by Crippen LogP contribution is 2.36. The first kappa shape index (κ1) is 14.9. The van der Waals surface area contributed by atoms with Crippen LogP contribution in [0.3, 0.4) is 0 Å². The van der Waals surface area contributed by atoms with Crippen LogP contribution in [0, 0.1) is 19.8 Å². The molecular weight excluding hydrogens is 254 g/mol. The van der Waals surface area contributed by atoms with Crippen LogP contribution < -0.4 is 10.5 Å². The number of nitrogens with two attached hydrogens (primary N) is 1.